The van der Waals surface area contributed by atoms with Crippen LogP contribution < -0.4 is 21.1 Å². The number of fused-ring (bicyclic) bond motifs is 1. The zero-order chi connectivity index (χ0) is 29.4. The van der Waals surface area contributed by atoms with E-state index < -0.39 is 6.03 Å². The van der Waals surface area contributed by atoms with Crippen LogP contribution >= 0.6 is 0 Å². The van der Waals surface area contributed by atoms with Crippen molar-refractivity contribution in [3.8, 4) is 22.7 Å². The van der Waals surface area contributed by atoms with Gasteiger partial charge >= 0.3 is 6.03 Å². The minimum absolute atomic E-state index is 0.214. The van der Waals surface area contributed by atoms with E-state index in [-0.39, 0.29) is 5.41 Å². The van der Waals surface area contributed by atoms with E-state index in [2.05, 4.69) is 46.9 Å². The molecule has 0 saturated heterocycles. The van der Waals surface area contributed by atoms with Gasteiger partial charge in [-0.3, -0.25) is 9.80 Å². The molecule has 0 fully saturated rings. The number of nitrogen functional groups attached to an aromatic ring is 1. The van der Waals surface area contributed by atoms with Crippen LogP contribution in [0.1, 0.15) is 26.5 Å². The summed E-state index contributed by atoms with van der Waals surface area (Å²) >= 11 is 0. The zero-order valence-corrected chi connectivity index (χ0v) is 24.0. The summed E-state index contributed by atoms with van der Waals surface area (Å²) in [6, 6.07) is 16.2. The van der Waals surface area contributed by atoms with Crippen LogP contribution in [0.3, 0.4) is 0 Å². The van der Waals surface area contributed by atoms with Crippen molar-refractivity contribution in [3.05, 3.63) is 66.7 Å². The third-order valence-corrected chi connectivity index (χ3v) is 6.10. The van der Waals surface area contributed by atoms with Gasteiger partial charge in [-0.05, 0) is 48.5 Å². The highest BCUT2D eigenvalue weighted by atomic mass is 16.5. The highest BCUT2D eigenvalue weighted by Crippen LogP contribution is 2.33. The third kappa shape index (κ3) is 6.28. The van der Waals surface area contributed by atoms with Gasteiger partial charge in [0.2, 0.25) is 6.73 Å². The number of carbonyl (C=O) groups is 1. The van der Waals surface area contributed by atoms with Crippen LogP contribution in [-0.4, -0.2) is 63.3 Å². The Morgan fingerprint density at radius 3 is 2.37 bits per heavy atom. The van der Waals surface area contributed by atoms with Gasteiger partial charge in [-0.25, -0.2) is 19.4 Å². The Balaban J connectivity index is 1.36. The molecule has 0 spiro atoms. The highest BCUT2D eigenvalue weighted by molar-refractivity contribution is 6.00. The molecule has 212 valence electrons. The Morgan fingerprint density at radius 2 is 1.73 bits per heavy atom. The van der Waals surface area contributed by atoms with Gasteiger partial charge in [0.15, 0.2) is 11.5 Å². The average molecular weight is 557 g/mol. The first-order chi connectivity index (χ1) is 19.4. The molecule has 4 N–H and O–H groups in total. The molecule has 0 unspecified atom stereocenters. The van der Waals surface area contributed by atoms with Crippen LogP contribution in [0.4, 0.5) is 22.1 Å². The molecule has 41 heavy (non-hydrogen) atoms. The number of anilines is 3. The van der Waals surface area contributed by atoms with Crippen molar-refractivity contribution >= 4 is 34.4 Å². The molecule has 0 radical (unpaired) electrons. The summed E-state index contributed by atoms with van der Waals surface area (Å²) in [7, 11) is 6.19. The van der Waals surface area contributed by atoms with Gasteiger partial charge in [0.25, 0.3) is 0 Å². The van der Waals surface area contributed by atoms with E-state index in [1.807, 2.05) is 57.2 Å². The lowest BCUT2D eigenvalue weighted by Gasteiger charge is -2.23. The molecule has 0 aliphatic rings. The smallest absolute Gasteiger partial charge is 0.324 e. The van der Waals surface area contributed by atoms with Crippen LogP contribution in [0.15, 0.2) is 65.4 Å². The number of amides is 2. The summed E-state index contributed by atoms with van der Waals surface area (Å²) in [6.07, 6.45) is 1.41. The Kier molecular flexibility index (Phi) is 7.09. The van der Waals surface area contributed by atoms with Crippen molar-refractivity contribution in [2.24, 2.45) is 0 Å². The molecule has 0 bridgehead atoms. The molecule has 12 nitrogen and oxygen atoms in total. The lowest BCUT2D eigenvalue weighted by atomic mass is 9.93. The van der Waals surface area contributed by atoms with Gasteiger partial charge in [0.05, 0.1) is 32.2 Å². The van der Waals surface area contributed by atoms with E-state index >= 15 is 0 Å². The number of benzene rings is 2. The first-order valence-electron chi connectivity index (χ1n) is 13.1. The van der Waals surface area contributed by atoms with E-state index in [4.69, 9.17) is 20.1 Å². The topological polar surface area (TPSA) is 146 Å². The predicted molar refractivity (Wildman–Crippen MR) is 158 cm³/mol. The number of nitrogens with two attached hydrogens (primary N) is 1. The van der Waals surface area contributed by atoms with Crippen LogP contribution in [0.2, 0.25) is 0 Å². The summed E-state index contributed by atoms with van der Waals surface area (Å²) in [5, 5.41) is 14.9. The Morgan fingerprint density at radius 1 is 1.02 bits per heavy atom. The second-order valence-electron chi connectivity index (χ2n) is 11.8. The molecular weight excluding hydrogens is 522 g/mol. The molecule has 5 rings (SSSR count). The number of hydrogen-bond donors (Lipinski definition) is 3. The normalized spacial score (nSPS) is 12.0. The van der Waals surface area contributed by atoms with E-state index in [0.29, 0.717) is 51.0 Å². The number of aromatic nitrogens is 5. The minimum Gasteiger partial charge on any atom is -0.445 e. The first kappa shape index (κ1) is 27.6. The van der Waals surface area contributed by atoms with E-state index in [1.54, 1.807) is 22.9 Å². The molecule has 3 aromatic heterocycles. The van der Waals surface area contributed by atoms with Gasteiger partial charge in [-0.2, -0.15) is 5.10 Å². The van der Waals surface area contributed by atoms with Crippen molar-refractivity contribution in [2.75, 3.05) is 44.2 Å². The van der Waals surface area contributed by atoms with E-state index in [9.17, 15) is 4.79 Å². The van der Waals surface area contributed by atoms with Crippen LogP contribution in [0.25, 0.3) is 28.0 Å². The maximum Gasteiger partial charge on any atom is 0.324 e. The summed E-state index contributed by atoms with van der Waals surface area (Å²) in [4.78, 5) is 21.2. The van der Waals surface area contributed by atoms with E-state index in [1.165, 1.54) is 6.33 Å². The number of carbonyl (C=O) groups excluding carboxylic acids is 1. The van der Waals surface area contributed by atoms with Gasteiger partial charge in [0.1, 0.15) is 29.3 Å². The second kappa shape index (κ2) is 10.5. The molecule has 2 aromatic carbocycles. The molecule has 0 aliphatic heterocycles. The first-order valence-corrected chi connectivity index (χ1v) is 13.1. The Hall–Kier alpha value is -4.97. The highest BCUT2D eigenvalue weighted by Gasteiger charge is 2.21. The minimum atomic E-state index is -0.437. The summed E-state index contributed by atoms with van der Waals surface area (Å²) in [5.41, 5.74) is 9.46. The monoisotopic (exact) mass is 556 g/mol. The lowest BCUT2D eigenvalue weighted by molar-refractivity contribution is -0.886. The predicted octanol–water partition coefficient (Wildman–Crippen LogP) is 5.04. The maximum atomic E-state index is 12.5. The van der Waals surface area contributed by atoms with Gasteiger partial charge in [0, 0.05) is 22.7 Å². The zero-order valence-electron chi connectivity index (χ0n) is 24.0. The molecule has 3 heterocycles. The maximum absolute atomic E-state index is 12.5. The largest absolute Gasteiger partial charge is 0.445 e. The van der Waals surface area contributed by atoms with Crippen molar-refractivity contribution in [1.82, 2.24) is 24.9 Å². The molecule has 2 amide bonds. The molecule has 0 aliphatic carbocycles. The summed E-state index contributed by atoms with van der Waals surface area (Å²) in [5.74, 6) is 2.11. The van der Waals surface area contributed by atoms with Crippen LogP contribution in [0.5, 0.6) is 5.75 Å². The number of hydrogen-bond acceptors (Lipinski definition) is 8. The van der Waals surface area contributed by atoms with Gasteiger partial charge in [-0.1, -0.05) is 25.9 Å². The third-order valence-electron chi connectivity index (χ3n) is 6.10. The van der Waals surface area contributed by atoms with Crippen molar-refractivity contribution in [1.29, 1.82) is 0 Å². The lowest BCUT2D eigenvalue weighted by Crippen LogP contribution is -2.38. The van der Waals surface area contributed by atoms with Gasteiger partial charge < -0.3 is 20.3 Å². The van der Waals surface area contributed by atoms with Crippen LogP contribution in [-0.2, 0) is 5.41 Å². The van der Waals surface area contributed by atoms with Crippen molar-refractivity contribution in [2.45, 2.75) is 26.2 Å². The van der Waals surface area contributed by atoms with Crippen LogP contribution in [0, 0.1) is 0 Å². The Labute approximate surface area is 237 Å². The molecule has 0 saturated carbocycles. The van der Waals surface area contributed by atoms with Crippen molar-refractivity contribution < 1.29 is 18.5 Å². The number of quaternary nitrogens is 1. The molecule has 0 atom stereocenters. The number of rotatable bonds is 7. The second-order valence-corrected chi connectivity index (χ2v) is 11.8. The van der Waals surface area contributed by atoms with Crippen molar-refractivity contribution in [3.63, 3.8) is 0 Å². The number of nitrogens with one attached hydrogen (secondary N) is 2. The fraction of sp³-hybridized carbons (Fsp3) is 0.276. The Bertz CT molecular complexity index is 1680. The molecule has 5 aromatic rings. The van der Waals surface area contributed by atoms with Gasteiger partial charge in [-0.15, -0.1) is 0 Å². The summed E-state index contributed by atoms with van der Waals surface area (Å²) < 4.78 is 13.6. The molecular formula is C29H34N9O3+. The molecule has 12 heteroatoms. The number of nitrogens with zero attached hydrogens (tertiary/aromatic N) is 6. The average Bonchev–Trinajstić information content (AvgIpc) is 3.54. The number of urea groups is 1. The standard InChI is InChI=1S/C29H33N9O3/c1-29(2,3)22-15-23(36-41-22)34-28(39)33-19-9-11-20(12-10-19)37-27-24(26(30)31-16-32-27)25(35-37)18-7-13-21(14-8-18)40-17-38(4,5)6/h7-16H,17H2,1-6H3,(H3-,30,31,32,33,34,35,36,39)/p+1. The summed E-state index contributed by atoms with van der Waals surface area (Å²) in [6.45, 7) is 6.56. The quantitative estimate of drug-likeness (QED) is 0.187. The SMILES string of the molecule is CC(C)(C)c1cc(NC(=O)Nc2ccc(-n3nc(-c4ccc(OC[N+](C)(C)C)cc4)c4c(N)ncnc43)cc2)no1. The van der Waals surface area contributed by atoms with E-state index in [0.717, 1.165) is 17.0 Å². The fourth-order valence-electron chi connectivity index (χ4n) is 3.99. The number of ether oxygens (including phenoxy) is 1. The fourth-order valence-corrected chi connectivity index (χ4v) is 3.99.